The fourth-order valence-corrected chi connectivity index (χ4v) is 2.01. The predicted molar refractivity (Wildman–Crippen MR) is 82.4 cm³/mol. The third-order valence-electron chi connectivity index (χ3n) is 3.25. The maximum absolute atomic E-state index is 5.74. The van der Waals surface area contributed by atoms with Crippen molar-refractivity contribution in [2.75, 3.05) is 26.9 Å². The molecule has 1 N–H and O–H groups in total. The molecule has 0 aliphatic carbocycles. The second kappa shape index (κ2) is 8.44. The summed E-state index contributed by atoms with van der Waals surface area (Å²) in [5.74, 6) is 1.93. The fourth-order valence-electron chi connectivity index (χ4n) is 2.01. The number of ether oxygens (including phenoxy) is 2. The molecule has 0 radical (unpaired) electrons. The van der Waals surface area contributed by atoms with E-state index in [1.165, 1.54) is 5.56 Å². The summed E-state index contributed by atoms with van der Waals surface area (Å²) in [7, 11) is 3.70. The number of nitrogens with zero attached hydrogens (tertiary/aromatic N) is 2. The first kappa shape index (κ1) is 15.5. The highest BCUT2D eigenvalue weighted by Gasteiger charge is 2.00. The van der Waals surface area contributed by atoms with Crippen molar-refractivity contribution in [2.24, 2.45) is 7.05 Å². The first-order valence-electron chi connectivity index (χ1n) is 7.17. The van der Waals surface area contributed by atoms with Gasteiger partial charge in [-0.15, -0.1) is 0 Å². The monoisotopic (exact) mass is 289 g/mol. The van der Waals surface area contributed by atoms with E-state index in [2.05, 4.69) is 22.4 Å². The number of hydrogen-bond acceptors (Lipinski definition) is 4. The molecule has 0 amide bonds. The second-order valence-electron chi connectivity index (χ2n) is 4.87. The van der Waals surface area contributed by atoms with Crippen LogP contribution in [0.1, 0.15) is 11.4 Å². The lowest BCUT2D eigenvalue weighted by Crippen LogP contribution is -2.18. The van der Waals surface area contributed by atoms with Crippen LogP contribution in [0.25, 0.3) is 0 Å². The van der Waals surface area contributed by atoms with Gasteiger partial charge in [0, 0.05) is 46.1 Å². The van der Waals surface area contributed by atoms with E-state index < -0.39 is 0 Å². The van der Waals surface area contributed by atoms with Gasteiger partial charge in [0.25, 0.3) is 0 Å². The smallest absolute Gasteiger partial charge is 0.119 e. The minimum absolute atomic E-state index is 0.635. The topological polar surface area (TPSA) is 48.3 Å². The highest BCUT2D eigenvalue weighted by molar-refractivity contribution is 5.27. The average Bonchev–Trinajstić information content (AvgIpc) is 2.91. The van der Waals surface area contributed by atoms with E-state index >= 15 is 0 Å². The number of rotatable bonds is 9. The van der Waals surface area contributed by atoms with Gasteiger partial charge in [-0.2, -0.15) is 0 Å². The summed E-state index contributed by atoms with van der Waals surface area (Å²) in [6.45, 7) is 3.07. The van der Waals surface area contributed by atoms with Crippen molar-refractivity contribution in [3.63, 3.8) is 0 Å². The summed E-state index contributed by atoms with van der Waals surface area (Å²) >= 11 is 0. The Morgan fingerprint density at radius 3 is 2.67 bits per heavy atom. The molecule has 5 nitrogen and oxygen atoms in total. The number of aromatic nitrogens is 2. The molecule has 21 heavy (non-hydrogen) atoms. The minimum Gasteiger partial charge on any atom is -0.493 e. The van der Waals surface area contributed by atoms with Crippen molar-refractivity contribution in [3.05, 3.63) is 48.0 Å². The molecule has 2 rings (SSSR count). The van der Waals surface area contributed by atoms with Gasteiger partial charge in [0.2, 0.25) is 0 Å². The Balaban J connectivity index is 1.71. The molecule has 0 fully saturated rings. The summed E-state index contributed by atoms with van der Waals surface area (Å²) in [6.07, 6.45) is 4.56. The van der Waals surface area contributed by atoms with Crippen molar-refractivity contribution in [3.8, 4) is 5.75 Å². The Hall–Kier alpha value is -1.85. The van der Waals surface area contributed by atoms with Gasteiger partial charge in [0.05, 0.1) is 13.2 Å². The van der Waals surface area contributed by atoms with Crippen LogP contribution in [0.3, 0.4) is 0 Å². The second-order valence-corrected chi connectivity index (χ2v) is 4.87. The van der Waals surface area contributed by atoms with Crippen LogP contribution in [-0.4, -0.2) is 36.4 Å². The summed E-state index contributed by atoms with van der Waals surface area (Å²) in [5, 5.41) is 3.31. The lowest BCUT2D eigenvalue weighted by atomic mass is 10.2. The molecule has 0 saturated heterocycles. The van der Waals surface area contributed by atoms with E-state index in [9.17, 15) is 0 Å². The third-order valence-corrected chi connectivity index (χ3v) is 3.25. The third kappa shape index (κ3) is 5.21. The summed E-state index contributed by atoms with van der Waals surface area (Å²) < 4.78 is 12.7. The Labute approximate surface area is 125 Å². The van der Waals surface area contributed by atoms with Gasteiger partial charge in [-0.05, 0) is 17.7 Å². The molecule has 0 atom stereocenters. The SMILES string of the molecule is COCCNCc1ccc(OCCc2nccn2C)cc1. The first-order valence-corrected chi connectivity index (χ1v) is 7.17. The maximum Gasteiger partial charge on any atom is 0.119 e. The number of imidazole rings is 1. The Bertz CT molecular complexity index is 523. The van der Waals surface area contributed by atoms with Crippen LogP contribution in [-0.2, 0) is 24.8 Å². The van der Waals surface area contributed by atoms with E-state index in [1.807, 2.05) is 29.9 Å². The summed E-state index contributed by atoms with van der Waals surface area (Å²) in [5.41, 5.74) is 1.24. The molecular formula is C16H23N3O2. The summed E-state index contributed by atoms with van der Waals surface area (Å²) in [6, 6.07) is 8.17. The molecule has 0 spiro atoms. The van der Waals surface area contributed by atoms with Gasteiger partial charge in [-0.3, -0.25) is 0 Å². The Morgan fingerprint density at radius 1 is 1.19 bits per heavy atom. The van der Waals surface area contributed by atoms with E-state index in [0.717, 1.165) is 37.7 Å². The quantitative estimate of drug-likeness (QED) is 0.715. The van der Waals surface area contributed by atoms with Crippen molar-refractivity contribution < 1.29 is 9.47 Å². The molecule has 0 bridgehead atoms. The van der Waals surface area contributed by atoms with Crippen LogP contribution in [0.15, 0.2) is 36.7 Å². The number of nitrogens with one attached hydrogen (secondary N) is 1. The molecule has 0 unspecified atom stereocenters. The van der Waals surface area contributed by atoms with Crippen molar-refractivity contribution in [1.82, 2.24) is 14.9 Å². The lowest BCUT2D eigenvalue weighted by molar-refractivity contribution is 0.199. The van der Waals surface area contributed by atoms with Crippen LogP contribution in [0, 0.1) is 0 Å². The standard InChI is InChI=1S/C16H23N3O2/c1-19-10-8-18-16(19)7-11-21-15-5-3-14(4-6-15)13-17-9-12-20-2/h3-6,8,10,17H,7,9,11-13H2,1-2H3. The molecule has 1 aromatic heterocycles. The number of hydrogen-bond donors (Lipinski definition) is 1. The largest absolute Gasteiger partial charge is 0.493 e. The molecule has 0 saturated carbocycles. The van der Waals surface area contributed by atoms with Gasteiger partial charge in [-0.25, -0.2) is 4.98 Å². The predicted octanol–water partition coefficient (Wildman–Crippen LogP) is 1.78. The van der Waals surface area contributed by atoms with Gasteiger partial charge >= 0.3 is 0 Å². The molecule has 114 valence electrons. The maximum atomic E-state index is 5.74. The highest BCUT2D eigenvalue weighted by atomic mass is 16.5. The number of aryl methyl sites for hydroxylation is 1. The zero-order chi connectivity index (χ0) is 14.9. The molecular weight excluding hydrogens is 266 g/mol. The molecule has 0 aliphatic heterocycles. The van der Waals surface area contributed by atoms with Gasteiger partial charge in [-0.1, -0.05) is 12.1 Å². The molecule has 2 aromatic rings. The van der Waals surface area contributed by atoms with E-state index in [-0.39, 0.29) is 0 Å². The lowest BCUT2D eigenvalue weighted by Gasteiger charge is -2.08. The zero-order valence-electron chi connectivity index (χ0n) is 12.7. The van der Waals surface area contributed by atoms with Crippen LogP contribution in [0.4, 0.5) is 0 Å². The van der Waals surface area contributed by atoms with Gasteiger partial charge in [0.15, 0.2) is 0 Å². The van der Waals surface area contributed by atoms with Gasteiger partial charge in [0.1, 0.15) is 11.6 Å². The molecule has 5 heteroatoms. The van der Waals surface area contributed by atoms with Crippen LogP contribution < -0.4 is 10.1 Å². The van der Waals surface area contributed by atoms with Crippen molar-refractivity contribution in [2.45, 2.75) is 13.0 Å². The number of methoxy groups -OCH3 is 1. The van der Waals surface area contributed by atoms with E-state index in [4.69, 9.17) is 9.47 Å². The summed E-state index contributed by atoms with van der Waals surface area (Å²) in [4.78, 5) is 4.27. The molecule has 1 heterocycles. The van der Waals surface area contributed by atoms with Crippen molar-refractivity contribution >= 4 is 0 Å². The molecule has 1 aromatic carbocycles. The van der Waals surface area contributed by atoms with Crippen LogP contribution in [0.5, 0.6) is 5.75 Å². The first-order chi connectivity index (χ1) is 10.3. The Kier molecular flexibility index (Phi) is 6.24. The minimum atomic E-state index is 0.635. The van der Waals surface area contributed by atoms with Crippen molar-refractivity contribution in [1.29, 1.82) is 0 Å². The van der Waals surface area contributed by atoms with Crippen LogP contribution >= 0.6 is 0 Å². The van der Waals surface area contributed by atoms with E-state index in [1.54, 1.807) is 13.3 Å². The highest BCUT2D eigenvalue weighted by Crippen LogP contribution is 2.12. The zero-order valence-corrected chi connectivity index (χ0v) is 12.7. The Morgan fingerprint density at radius 2 is 2.00 bits per heavy atom. The number of benzene rings is 1. The van der Waals surface area contributed by atoms with Gasteiger partial charge < -0.3 is 19.4 Å². The fraction of sp³-hybridized carbons (Fsp3) is 0.438. The molecule has 0 aliphatic rings. The van der Waals surface area contributed by atoms with E-state index in [0.29, 0.717) is 6.61 Å². The normalized spacial score (nSPS) is 10.8. The average molecular weight is 289 g/mol. The van der Waals surface area contributed by atoms with Crippen LogP contribution in [0.2, 0.25) is 0 Å².